The van der Waals surface area contributed by atoms with Crippen LogP contribution in [0.1, 0.15) is 5.56 Å². The van der Waals surface area contributed by atoms with Crippen molar-refractivity contribution >= 4 is 16.5 Å². The van der Waals surface area contributed by atoms with Crippen molar-refractivity contribution in [2.45, 2.75) is 6.54 Å². The molecule has 134 valence electrons. The van der Waals surface area contributed by atoms with Crippen molar-refractivity contribution in [1.82, 2.24) is 0 Å². The quantitative estimate of drug-likeness (QED) is 0.408. The van der Waals surface area contributed by atoms with E-state index in [1.54, 1.807) is 0 Å². The summed E-state index contributed by atoms with van der Waals surface area (Å²) in [6, 6.07) is 35.7. The number of benzene rings is 4. The Morgan fingerprint density at radius 2 is 1.30 bits per heavy atom. The molecule has 0 unspecified atom stereocenters. The number of anilines is 1. The maximum absolute atomic E-state index is 5.94. The number of ether oxygens (including phenoxy) is 1. The topological polar surface area (TPSA) is 12.5 Å². The van der Waals surface area contributed by atoms with Gasteiger partial charge >= 0.3 is 0 Å². The van der Waals surface area contributed by atoms with Gasteiger partial charge < -0.3 is 9.64 Å². The highest BCUT2D eigenvalue weighted by Gasteiger charge is 2.09. The van der Waals surface area contributed by atoms with Crippen molar-refractivity contribution in [3.63, 3.8) is 0 Å². The third-order valence-corrected chi connectivity index (χ3v) is 4.69. The van der Waals surface area contributed by atoms with E-state index in [0.717, 1.165) is 18.8 Å². The summed E-state index contributed by atoms with van der Waals surface area (Å²) in [4.78, 5) is 2.38. The van der Waals surface area contributed by atoms with Gasteiger partial charge in [-0.05, 0) is 40.6 Å². The summed E-state index contributed by atoms with van der Waals surface area (Å²) in [6.07, 6.45) is 0. The third-order valence-electron chi connectivity index (χ3n) is 4.69. The SMILES string of the molecule is c1ccc(CN(CCOc2ccccc2)c2ccc3ccccc3c2)cc1. The minimum Gasteiger partial charge on any atom is -0.492 e. The molecule has 0 aromatic heterocycles. The second-order valence-electron chi connectivity index (χ2n) is 6.60. The predicted octanol–water partition coefficient (Wildman–Crippen LogP) is 5.93. The van der Waals surface area contributed by atoms with E-state index in [9.17, 15) is 0 Å². The first-order chi connectivity index (χ1) is 13.4. The molecule has 2 heteroatoms. The number of rotatable bonds is 7. The second kappa shape index (κ2) is 8.41. The number of fused-ring (bicyclic) bond motifs is 1. The summed E-state index contributed by atoms with van der Waals surface area (Å²) in [5.41, 5.74) is 2.51. The standard InChI is InChI=1S/C25H23NO/c1-3-9-21(10-4-1)20-26(17-18-27-25-13-5-2-6-14-25)24-16-15-22-11-7-8-12-23(22)19-24/h1-16,19H,17-18,20H2. The Hall–Kier alpha value is -3.26. The summed E-state index contributed by atoms with van der Waals surface area (Å²) in [5.74, 6) is 0.913. The van der Waals surface area contributed by atoms with E-state index < -0.39 is 0 Å². The number of hydrogen-bond donors (Lipinski definition) is 0. The van der Waals surface area contributed by atoms with Gasteiger partial charge in [-0.25, -0.2) is 0 Å². The van der Waals surface area contributed by atoms with Gasteiger partial charge in [0.2, 0.25) is 0 Å². The van der Waals surface area contributed by atoms with Crippen LogP contribution in [-0.4, -0.2) is 13.2 Å². The lowest BCUT2D eigenvalue weighted by Crippen LogP contribution is -2.27. The van der Waals surface area contributed by atoms with Gasteiger partial charge in [0.15, 0.2) is 0 Å². The van der Waals surface area contributed by atoms with Crippen molar-refractivity contribution in [2.24, 2.45) is 0 Å². The largest absolute Gasteiger partial charge is 0.492 e. The third kappa shape index (κ3) is 4.48. The van der Waals surface area contributed by atoms with Crippen LogP contribution in [0.15, 0.2) is 103 Å². The predicted molar refractivity (Wildman–Crippen MR) is 113 cm³/mol. The molecule has 0 fully saturated rings. The number of hydrogen-bond acceptors (Lipinski definition) is 2. The highest BCUT2D eigenvalue weighted by Crippen LogP contribution is 2.23. The van der Waals surface area contributed by atoms with Crippen LogP contribution in [0.2, 0.25) is 0 Å². The first-order valence-corrected chi connectivity index (χ1v) is 9.34. The van der Waals surface area contributed by atoms with E-state index in [4.69, 9.17) is 4.74 Å². The summed E-state index contributed by atoms with van der Waals surface area (Å²) in [6.45, 7) is 2.32. The molecular formula is C25H23NO. The lowest BCUT2D eigenvalue weighted by Gasteiger charge is -2.25. The van der Waals surface area contributed by atoms with Gasteiger partial charge in [-0.1, -0.05) is 78.9 Å². The fraction of sp³-hybridized carbons (Fsp3) is 0.120. The van der Waals surface area contributed by atoms with E-state index in [1.165, 1.54) is 22.0 Å². The molecule has 0 atom stereocenters. The molecule has 0 saturated heterocycles. The maximum Gasteiger partial charge on any atom is 0.119 e. The average molecular weight is 353 g/mol. The van der Waals surface area contributed by atoms with Crippen LogP contribution >= 0.6 is 0 Å². The molecule has 0 bridgehead atoms. The van der Waals surface area contributed by atoms with Crippen LogP contribution in [0.3, 0.4) is 0 Å². The molecule has 0 radical (unpaired) electrons. The van der Waals surface area contributed by atoms with E-state index in [1.807, 2.05) is 30.3 Å². The van der Waals surface area contributed by atoms with E-state index in [2.05, 4.69) is 77.7 Å². The Bertz CT molecular complexity index is 982. The molecule has 4 rings (SSSR count). The molecule has 0 aliphatic carbocycles. The lowest BCUT2D eigenvalue weighted by atomic mass is 10.1. The molecule has 2 nitrogen and oxygen atoms in total. The molecule has 4 aromatic carbocycles. The van der Waals surface area contributed by atoms with Crippen LogP contribution in [0.5, 0.6) is 5.75 Å². The minimum atomic E-state index is 0.643. The van der Waals surface area contributed by atoms with Crippen LogP contribution in [0.25, 0.3) is 10.8 Å². The molecule has 0 spiro atoms. The van der Waals surface area contributed by atoms with Crippen molar-refractivity contribution in [3.05, 3.63) is 109 Å². The maximum atomic E-state index is 5.94. The molecule has 0 aliphatic rings. The monoisotopic (exact) mass is 353 g/mol. The van der Waals surface area contributed by atoms with Gasteiger partial charge in [-0.3, -0.25) is 0 Å². The molecule has 27 heavy (non-hydrogen) atoms. The fourth-order valence-corrected chi connectivity index (χ4v) is 3.27. The van der Waals surface area contributed by atoms with Gasteiger partial charge in [0.1, 0.15) is 12.4 Å². The first-order valence-electron chi connectivity index (χ1n) is 9.34. The molecule has 0 aliphatic heterocycles. The molecule has 4 aromatic rings. The number of nitrogens with zero attached hydrogens (tertiary/aromatic N) is 1. The smallest absolute Gasteiger partial charge is 0.119 e. The van der Waals surface area contributed by atoms with Crippen molar-refractivity contribution in [2.75, 3.05) is 18.1 Å². The van der Waals surface area contributed by atoms with Crippen LogP contribution in [0.4, 0.5) is 5.69 Å². The molecule has 0 amide bonds. The van der Waals surface area contributed by atoms with Gasteiger partial charge in [0.25, 0.3) is 0 Å². The number of para-hydroxylation sites is 1. The second-order valence-corrected chi connectivity index (χ2v) is 6.60. The fourth-order valence-electron chi connectivity index (χ4n) is 3.27. The Kier molecular flexibility index (Phi) is 5.35. The summed E-state index contributed by atoms with van der Waals surface area (Å²) in [5, 5.41) is 2.53. The first kappa shape index (κ1) is 17.2. The zero-order valence-corrected chi connectivity index (χ0v) is 15.3. The van der Waals surface area contributed by atoms with Crippen molar-refractivity contribution in [1.29, 1.82) is 0 Å². The summed E-state index contributed by atoms with van der Waals surface area (Å²) in [7, 11) is 0. The molecule has 0 heterocycles. The van der Waals surface area contributed by atoms with Crippen molar-refractivity contribution in [3.8, 4) is 5.75 Å². The normalized spacial score (nSPS) is 10.7. The Balaban J connectivity index is 1.54. The summed E-state index contributed by atoms with van der Waals surface area (Å²) < 4.78 is 5.94. The molecular weight excluding hydrogens is 330 g/mol. The van der Waals surface area contributed by atoms with E-state index in [-0.39, 0.29) is 0 Å². The van der Waals surface area contributed by atoms with Crippen molar-refractivity contribution < 1.29 is 4.74 Å². The van der Waals surface area contributed by atoms with Crippen LogP contribution < -0.4 is 9.64 Å². The Morgan fingerprint density at radius 1 is 0.630 bits per heavy atom. The molecule has 0 saturated carbocycles. The summed E-state index contributed by atoms with van der Waals surface area (Å²) >= 11 is 0. The zero-order chi connectivity index (χ0) is 18.3. The Morgan fingerprint density at radius 3 is 2.07 bits per heavy atom. The van der Waals surface area contributed by atoms with E-state index in [0.29, 0.717) is 6.61 Å². The van der Waals surface area contributed by atoms with Gasteiger partial charge in [0, 0.05) is 12.2 Å². The van der Waals surface area contributed by atoms with Crippen LogP contribution in [-0.2, 0) is 6.54 Å². The van der Waals surface area contributed by atoms with Crippen LogP contribution in [0, 0.1) is 0 Å². The zero-order valence-electron chi connectivity index (χ0n) is 15.3. The van der Waals surface area contributed by atoms with Gasteiger partial charge in [-0.2, -0.15) is 0 Å². The highest BCUT2D eigenvalue weighted by atomic mass is 16.5. The molecule has 0 N–H and O–H groups in total. The average Bonchev–Trinajstić information content (AvgIpc) is 2.74. The Labute approximate surface area is 160 Å². The van der Waals surface area contributed by atoms with E-state index >= 15 is 0 Å². The minimum absolute atomic E-state index is 0.643. The lowest BCUT2D eigenvalue weighted by molar-refractivity contribution is 0.323. The van der Waals surface area contributed by atoms with Gasteiger partial charge in [-0.15, -0.1) is 0 Å². The highest BCUT2D eigenvalue weighted by molar-refractivity contribution is 5.85. The van der Waals surface area contributed by atoms with Gasteiger partial charge in [0.05, 0.1) is 6.54 Å².